The number of rotatable bonds is 9. The lowest BCUT2D eigenvalue weighted by Gasteiger charge is -2.16. The van der Waals surface area contributed by atoms with Crippen LogP contribution in [0.4, 0.5) is 0 Å². The highest BCUT2D eigenvalue weighted by atomic mass is 16.4. The first-order chi connectivity index (χ1) is 12.8. The molecule has 0 aliphatic heterocycles. The normalized spacial score (nSPS) is 14.3. The van der Waals surface area contributed by atoms with Gasteiger partial charge in [-0.3, -0.25) is 14.4 Å². The smallest absolute Gasteiger partial charge is 0.326 e. The molecule has 4 N–H and O–H groups in total. The van der Waals surface area contributed by atoms with Crippen LogP contribution < -0.4 is 16.0 Å². The molecule has 146 valence electrons. The van der Waals surface area contributed by atoms with Gasteiger partial charge in [-0.05, 0) is 49.4 Å². The molecule has 1 aliphatic carbocycles. The van der Waals surface area contributed by atoms with Crippen LogP contribution in [0.25, 0.3) is 0 Å². The van der Waals surface area contributed by atoms with Crippen molar-refractivity contribution in [2.24, 2.45) is 5.92 Å². The molecule has 0 unspecified atom stereocenters. The van der Waals surface area contributed by atoms with Gasteiger partial charge in [-0.2, -0.15) is 0 Å². The van der Waals surface area contributed by atoms with Crippen LogP contribution in [0.15, 0.2) is 24.3 Å². The van der Waals surface area contributed by atoms with E-state index in [2.05, 4.69) is 16.0 Å². The molecule has 2 rings (SSSR count). The topological polar surface area (TPSA) is 125 Å². The summed E-state index contributed by atoms with van der Waals surface area (Å²) in [5.74, 6) is -2.22. The third kappa shape index (κ3) is 6.73. The van der Waals surface area contributed by atoms with E-state index in [1.165, 1.54) is 12.1 Å². The van der Waals surface area contributed by atoms with Gasteiger partial charge in [0.15, 0.2) is 0 Å². The molecule has 0 spiro atoms. The Kier molecular flexibility index (Phi) is 6.92. The zero-order chi connectivity index (χ0) is 20.0. The van der Waals surface area contributed by atoms with Crippen LogP contribution in [0.3, 0.4) is 0 Å². The molecular weight excluding hydrogens is 350 g/mol. The molecule has 1 atom stereocenters. The fourth-order valence-corrected chi connectivity index (χ4v) is 2.47. The average Bonchev–Trinajstić information content (AvgIpc) is 3.42. The Bertz CT molecular complexity index is 711. The monoisotopic (exact) mass is 375 g/mol. The van der Waals surface area contributed by atoms with Crippen LogP contribution in [0, 0.1) is 5.92 Å². The van der Waals surface area contributed by atoms with E-state index in [0.29, 0.717) is 17.5 Å². The number of carboxylic acids is 1. The largest absolute Gasteiger partial charge is 0.480 e. The first-order valence-corrected chi connectivity index (χ1v) is 8.97. The van der Waals surface area contributed by atoms with Crippen molar-refractivity contribution in [3.05, 3.63) is 35.4 Å². The Balaban J connectivity index is 1.82. The summed E-state index contributed by atoms with van der Waals surface area (Å²) < 4.78 is 0. The van der Waals surface area contributed by atoms with Crippen molar-refractivity contribution in [3.63, 3.8) is 0 Å². The first kappa shape index (κ1) is 20.4. The van der Waals surface area contributed by atoms with Crippen molar-refractivity contribution in [2.75, 3.05) is 6.54 Å². The van der Waals surface area contributed by atoms with E-state index in [0.717, 1.165) is 12.8 Å². The van der Waals surface area contributed by atoms with E-state index in [1.807, 2.05) is 13.8 Å². The second-order valence-electron chi connectivity index (χ2n) is 7.10. The molecule has 1 aromatic rings. The summed E-state index contributed by atoms with van der Waals surface area (Å²) in [5.41, 5.74) is 0.775. The second-order valence-corrected chi connectivity index (χ2v) is 7.10. The third-order valence-electron chi connectivity index (χ3n) is 4.07. The highest BCUT2D eigenvalue weighted by Crippen LogP contribution is 2.19. The maximum absolute atomic E-state index is 12.1. The Morgan fingerprint density at radius 1 is 1.04 bits per heavy atom. The lowest BCUT2D eigenvalue weighted by molar-refractivity contribution is -0.142. The summed E-state index contributed by atoms with van der Waals surface area (Å²) in [7, 11) is 0. The molecule has 8 heteroatoms. The van der Waals surface area contributed by atoms with Gasteiger partial charge in [0.25, 0.3) is 11.8 Å². The predicted molar refractivity (Wildman–Crippen MR) is 98.3 cm³/mol. The maximum atomic E-state index is 12.1. The maximum Gasteiger partial charge on any atom is 0.326 e. The molecule has 0 bridgehead atoms. The standard InChI is InChI=1S/C19H25N3O5/c1-11(2)9-15(19(26)27)22-16(23)10-20-17(24)12-3-5-13(6-4-12)18(25)21-14-7-8-14/h3-6,11,14-15H,7-10H2,1-2H3,(H,20,24)(H,21,25)(H,22,23)(H,26,27)/t15-/m0/s1. The highest BCUT2D eigenvalue weighted by Gasteiger charge is 2.24. The summed E-state index contributed by atoms with van der Waals surface area (Å²) in [5, 5.41) is 16.8. The summed E-state index contributed by atoms with van der Waals surface area (Å²) in [4.78, 5) is 47.1. The van der Waals surface area contributed by atoms with Gasteiger partial charge in [-0.25, -0.2) is 4.79 Å². The fraction of sp³-hybridized carbons (Fsp3) is 0.474. The van der Waals surface area contributed by atoms with Crippen molar-refractivity contribution in [3.8, 4) is 0 Å². The molecule has 1 aromatic carbocycles. The van der Waals surface area contributed by atoms with Crippen LogP contribution in [-0.4, -0.2) is 47.4 Å². The number of carbonyl (C=O) groups excluding carboxylic acids is 3. The minimum atomic E-state index is -1.11. The molecule has 0 saturated heterocycles. The lowest BCUT2D eigenvalue weighted by Crippen LogP contribution is -2.46. The second kappa shape index (κ2) is 9.16. The van der Waals surface area contributed by atoms with Gasteiger partial charge in [0.05, 0.1) is 6.54 Å². The minimum absolute atomic E-state index is 0.108. The molecule has 1 aliphatic rings. The minimum Gasteiger partial charge on any atom is -0.480 e. The van der Waals surface area contributed by atoms with E-state index < -0.39 is 23.8 Å². The zero-order valence-corrected chi connectivity index (χ0v) is 15.5. The first-order valence-electron chi connectivity index (χ1n) is 8.97. The number of amides is 3. The summed E-state index contributed by atoms with van der Waals surface area (Å²) in [6, 6.07) is 5.39. The van der Waals surface area contributed by atoms with Crippen molar-refractivity contribution >= 4 is 23.7 Å². The van der Waals surface area contributed by atoms with E-state index >= 15 is 0 Å². The molecule has 1 saturated carbocycles. The number of hydrogen-bond donors (Lipinski definition) is 4. The molecule has 27 heavy (non-hydrogen) atoms. The van der Waals surface area contributed by atoms with Crippen molar-refractivity contribution in [1.29, 1.82) is 0 Å². The van der Waals surface area contributed by atoms with Gasteiger partial charge in [-0.15, -0.1) is 0 Å². The van der Waals surface area contributed by atoms with Crippen molar-refractivity contribution in [2.45, 2.75) is 45.2 Å². The van der Waals surface area contributed by atoms with Crippen LogP contribution >= 0.6 is 0 Å². The predicted octanol–water partition coefficient (Wildman–Crippen LogP) is 0.924. The fourth-order valence-electron chi connectivity index (χ4n) is 2.47. The zero-order valence-electron chi connectivity index (χ0n) is 15.5. The van der Waals surface area contributed by atoms with Gasteiger partial charge in [0.1, 0.15) is 6.04 Å². The van der Waals surface area contributed by atoms with Gasteiger partial charge in [-0.1, -0.05) is 13.8 Å². The Labute approximate surface area is 157 Å². The molecule has 0 radical (unpaired) electrons. The van der Waals surface area contributed by atoms with Crippen molar-refractivity contribution in [1.82, 2.24) is 16.0 Å². The van der Waals surface area contributed by atoms with Crippen molar-refractivity contribution < 1.29 is 24.3 Å². The number of hydrogen-bond acceptors (Lipinski definition) is 4. The average molecular weight is 375 g/mol. The number of aliphatic carboxylic acids is 1. The summed E-state index contributed by atoms with van der Waals surface area (Å²) in [6.45, 7) is 3.39. The van der Waals surface area contributed by atoms with E-state index in [4.69, 9.17) is 5.11 Å². The molecule has 8 nitrogen and oxygen atoms in total. The van der Waals surface area contributed by atoms with Crippen LogP contribution in [0.5, 0.6) is 0 Å². The Morgan fingerprint density at radius 3 is 2.07 bits per heavy atom. The SMILES string of the molecule is CC(C)C[C@H](NC(=O)CNC(=O)c1ccc(C(=O)NC2CC2)cc1)C(=O)O. The van der Waals surface area contributed by atoms with Crippen LogP contribution in [0.2, 0.25) is 0 Å². The quantitative estimate of drug-likeness (QED) is 0.511. The van der Waals surface area contributed by atoms with E-state index in [-0.39, 0.29) is 24.4 Å². The van der Waals surface area contributed by atoms with Crippen LogP contribution in [-0.2, 0) is 9.59 Å². The highest BCUT2D eigenvalue weighted by molar-refractivity contribution is 5.99. The van der Waals surface area contributed by atoms with Gasteiger partial charge < -0.3 is 21.1 Å². The molecular formula is C19H25N3O5. The van der Waals surface area contributed by atoms with E-state index in [1.54, 1.807) is 12.1 Å². The molecule has 3 amide bonds. The Hall–Kier alpha value is -2.90. The third-order valence-corrected chi connectivity index (χ3v) is 4.07. The van der Waals surface area contributed by atoms with Gasteiger partial charge in [0.2, 0.25) is 5.91 Å². The number of carboxylic acid groups (broad SMARTS) is 1. The number of nitrogens with one attached hydrogen (secondary N) is 3. The van der Waals surface area contributed by atoms with Gasteiger partial charge in [0, 0.05) is 17.2 Å². The summed E-state index contributed by atoms with van der Waals surface area (Å²) >= 11 is 0. The van der Waals surface area contributed by atoms with E-state index in [9.17, 15) is 19.2 Å². The number of benzene rings is 1. The number of carbonyl (C=O) groups is 4. The molecule has 0 aromatic heterocycles. The molecule has 0 heterocycles. The summed E-state index contributed by atoms with van der Waals surface area (Å²) in [6.07, 6.45) is 2.29. The van der Waals surface area contributed by atoms with Gasteiger partial charge >= 0.3 is 5.97 Å². The lowest BCUT2D eigenvalue weighted by atomic mass is 10.0. The Morgan fingerprint density at radius 2 is 1.59 bits per heavy atom. The van der Waals surface area contributed by atoms with Crippen LogP contribution in [0.1, 0.15) is 53.8 Å². The molecule has 1 fully saturated rings.